The van der Waals surface area contributed by atoms with Crippen molar-refractivity contribution < 1.29 is 5.11 Å². The van der Waals surface area contributed by atoms with E-state index in [2.05, 4.69) is 18.4 Å². The molecule has 12 heavy (non-hydrogen) atoms. The molecule has 0 radical (unpaired) electrons. The Morgan fingerprint density at radius 1 is 1.58 bits per heavy atom. The Labute approximate surface area is 73.9 Å². The first-order valence-corrected chi connectivity index (χ1v) is 4.75. The van der Waals surface area contributed by atoms with E-state index in [4.69, 9.17) is 5.11 Å². The minimum Gasteiger partial charge on any atom is -0.396 e. The highest BCUT2D eigenvalue weighted by Gasteiger charge is 2.55. The van der Waals surface area contributed by atoms with Crippen molar-refractivity contribution in [3.63, 3.8) is 0 Å². The Hall–Kier alpha value is -0.340. The van der Waals surface area contributed by atoms with Gasteiger partial charge < -0.3 is 5.11 Å². The molecular formula is C10H17NO. The van der Waals surface area contributed by atoms with Crippen molar-refractivity contribution in [2.24, 2.45) is 17.8 Å². The summed E-state index contributed by atoms with van der Waals surface area (Å²) in [6, 6.07) is 0.511. The van der Waals surface area contributed by atoms with E-state index in [0.717, 1.165) is 11.8 Å². The molecule has 1 N–H and O–H groups in total. The van der Waals surface area contributed by atoms with Crippen molar-refractivity contribution in [2.75, 3.05) is 19.7 Å². The average molecular weight is 167 g/mol. The molecule has 0 bridgehead atoms. The molecule has 1 aliphatic heterocycles. The highest BCUT2D eigenvalue weighted by molar-refractivity contribution is 5.06. The van der Waals surface area contributed by atoms with E-state index in [9.17, 15) is 0 Å². The van der Waals surface area contributed by atoms with Crippen LogP contribution in [0.4, 0.5) is 0 Å². The molecule has 4 atom stereocenters. The van der Waals surface area contributed by atoms with Gasteiger partial charge in [-0.15, -0.1) is 6.58 Å². The molecule has 0 aromatic carbocycles. The van der Waals surface area contributed by atoms with E-state index in [1.807, 2.05) is 6.08 Å². The van der Waals surface area contributed by atoms with E-state index >= 15 is 0 Å². The van der Waals surface area contributed by atoms with Crippen molar-refractivity contribution in [1.82, 2.24) is 4.90 Å². The van der Waals surface area contributed by atoms with Crippen molar-refractivity contribution in [3.8, 4) is 0 Å². The summed E-state index contributed by atoms with van der Waals surface area (Å²) in [6.07, 6.45) is 2.00. The molecule has 1 saturated heterocycles. The molecule has 0 aromatic rings. The minimum absolute atomic E-state index is 0.394. The molecule has 1 aliphatic carbocycles. The van der Waals surface area contributed by atoms with Crippen LogP contribution in [0.25, 0.3) is 0 Å². The lowest BCUT2D eigenvalue weighted by atomic mass is 10.2. The summed E-state index contributed by atoms with van der Waals surface area (Å²) in [7, 11) is 0. The number of aliphatic hydroxyl groups is 1. The van der Waals surface area contributed by atoms with Gasteiger partial charge in [-0.05, 0) is 24.7 Å². The molecule has 2 rings (SSSR count). The van der Waals surface area contributed by atoms with E-state index < -0.39 is 0 Å². The number of hydrogen-bond acceptors (Lipinski definition) is 2. The molecular weight excluding hydrogens is 150 g/mol. The fourth-order valence-electron chi connectivity index (χ4n) is 2.43. The number of likely N-dealkylation sites (tertiary alicyclic amines) is 1. The van der Waals surface area contributed by atoms with Crippen LogP contribution < -0.4 is 0 Å². The van der Waals surface area contributed by atoms with Crippen molar-refractivity contribution in [2.45, 2.75) is 13.0 Å². The van der Waals surface area contributed by atoms with Gasteiger partial charge in [-0.1, -0.05) is 6.08 Å². The van der Waals surface area contributed by atoms with Crippen molar-refractivity contribution in [1.29, 1.82) is 0 Å². The van der Waals surface area contributed by atoms with Gasteiger partial charge in [-0.2, -0.15) is 0 Å². The van der Waals surface area contributed by atoms with Crippen LogP contribution in [0.1, 0.15) is 6.92 Å². The van der Waals surface area contributed by atoms with Gasteiger partial charge in [-0.25, -0.2) is 0 Å². The SMILES string of the molecule is C=CC(C)N1C[C@@H]2C(CO)[C@@H]2C1. The quantitative estimate of drug-likeness (QED) is 0.626. The van der Waals surface area contributed by atoms with Crippen LogP contribution in [0, 0.1) is 17.8 Å². The predicted octanol–water partition coefficient (Wildman–Crippen LogP) is 0.731. The number of rotatable bonds is 3. The van der Waals surface area contributed by atoms with Gasteiger partial charge in [0, 0.05) is 25.7 Å². The van der Waals surface area contributed by atoms with Gasteiger partial charge in [0.25, 0.3) is 0 Å². The fraction of sp³-hybridized carbons (Fsp3) is 0.800. The van der Waals surface area contributed by atoms with E-state index in [1.54, 1.807) is 0 Å². The zero-order valence-corrected chi connectivity index (χ0v) is 7.61. The smallest absolute Gasteiger partial charge is 0.0465 e. The third-order valence-corrected chi connectivity index (χ3v) is 3.53. The number of fused-ring (bicyclic) bond motifs is 1. The van der Waals surface area contributed by atoms with E-state index in [1.165, 1.54) is 13.1 Å². The molecule has 1 saturated carbocycles. The second kappa shape index (κ2) is 2.86. The first-order valence-electron chi connectivity index (χ1n) is 4.75. The van der Waals surface area contributed by atoms with Crippen LogP contribution in [0.3, 0.4) is 0 Å². The molecule has 0 amide bonds. The molecule has 0 spiro atoms. The van der Waals surface area contributed by atoms with E-state index in [0.29, 0.717) is 18.6 Å². The topological polar surface area (TPSA) is 23.5 Å². The highest BCUT2D eigenvalue weighted by Crippen LogP contribution is 2.51. The highest BCUT2D eigenvalue weighted by atomic mass is 16.3. The first-order chi connectivity index (χ1) is 5.77. The molecule has 2 heteroatoms. The Morgan fingerprint density at radius 2 is 2.17 bits per heavy atom. The second-order valence-electron chi connectivity index (χ2n) is 4.10. The Balaban J connectivity index is 1.85. The lowest BCUT2D eigenvalue weighted by Gasteiger charge is -2.23. The van der Waals surface area contributed by atoms with Gasteiger partial charge in [0.2, 0.25) is 0 Å². The second-order valence-corrected chi connectivity index (χ2v) is 4.10. The normalized spacial score (nSPS) is 42.3. The van der Waals surface area contributed by atoms with Crippen LogP contribution in [-0.4, -0.2) is 35.7 Å². The van der Waals surface area contributed by atoms with Gasteiger partial charge in [0.05, 0.1) is 0 Å². The third kappa shape index (κ3) is 1.10. The van der Waals surface area contributed by atoms with Gasteiger partial charge in [0.1, 0.15) is 0 Å². The summed E-state index contributed by atoms with van der Waals surface area (Å²) < 4.78 is 0. The zero-order chi connectivity index (χ0) is 8.72. The number of piperidine rings is 1. The summed E-state index contributed by atoms with van der Waals surface area (Å²) in [4.78, 5) is 2.45. The molecule has 2 unspecified atom stereocenters. The maximum absolute atomic E-state index is 8.96. The molecule has 2 fully saturated rings. The summed E-state index contributed by atoms with van der Waals surface area (Å²) in [5.41, 5.74) is 0. The summed E-state index contributed by atoms with van der Waals surface area (Å²) in [5.74, 6) is 2.20. The van der Waals surface area contributed by atoms with Gasteiger partial charge in [0.15, 0.2) is 0 Å². The zero-order valence-electron chi connectivity index (χ0n) is 7.61. The van der Waals surface area contributed by atoms with Crippen molar-refractivity contribution >= 4 is 0 Å². The van der Waals surface area contributed by atoms with Crippen LogP contribution in [0.15, 0.2) is 12.7 Å². The largest absolute Gasteiger partial charge is 0.396 e. The Morgan fingerprint density at radius 3 is 2.58 bits per heavy atom. The fourth-order valence-corrected chi connectivity index (χ4v) is 2.43. The summed E-state index contributed by atoms with van der Waals surface area (Å²) >= 11 is 0. The number of aliphatic hydroxyl groups excluding tert-OH is 1. The number of hydrogen-bond donors (Lipinski definition) is 1. The van der Waals surface area contributed by atoms with Crippen LogP contribution >= 0.6 is 0 Å². The van der Waals surface area contributed by atoms with Gasteiger partial charge in [-0.3, -0.25) is 4.90 Å². The standard InChI is InChI=1S/C10H17NO/c1-3-7(2)11-4-8-9(5-11)10(8)6-12/h3,7-10,12H,1,4-6H2,2H3/t7?,8-,9+,10?. The third-order valence-electron chi connectivity index (χ3n) is 3.53. The van der Waals surface area contributed by atoms with Crippen LogP contribution in [-0.2, 0) is 0 Å². The molecule has 0 aromatic heterocycles. The van der Waals surface area contributed by atoms with E-state index in [-0.39, 0.29) is 0 Å². The monoisotopic (exact) mass is 167 g/mol. The molecule has 68 valence electrons. The van der Waals surface area contributed by atoms with Crippen LogP contribution in [0.5, 0.6) is 0 Å². The first kappa shape index (κ1) is 8.27. The lowest BCUT2D eigenvalue weighted by Crippen LogP contribution is -2.32. The molecule has 2 aliphatic rings. The maximum atomic E-state index is 8.96. The average Bonchev–Trinajstić information content (AvgIpc) is 2.56. The van der Waals surface area contributed by atoms with Crippen LogP contribution in [0.2, 0.25) is 0 Å². The van der Waals surface area contributed by atoms with Crippen molar-refractivity contribution in [3.05, 3.63) is 12.7 Å². The lowest BCUT2D eigenvalue weighted by molar-refractivity contribution is 0.207. The minimum atomic E-state index is 0.394. The number of nitrogens with zero attached hydrogens (tertiary/aromatic N) is 1. The molecule has 2 nitrogen and oxygen atoms in total. The predicted molar refractivity (Wildman–Crippen MR) is 48.8 cm³/mol. The Bertz CT molecular complexity index is 180. The Kier molecular flexibility index (Phi) is 1.97. The maximum Gasteiger partial charge on any atom is 0.0465 e. The molecule has 1 heterocycles. The summed E-state index contributed by atoms with van der Waals surface area (Å²) in [5, 5.41) is 8.96. The summed E-state index contributed by atoms with van der Waals surface area (Å²) in [6.45, 7) is 8.71. The van der Waals surface area contributed by atoms with Gasteiger partial charge >= 0.3 is 0 Å².